The van der Waals surface area contributed by atoms with Crippen molar-refractivity contribution in [1.82, 2.24) is 0 Å². The van der Waals surface area contributed by atoms with Crippen LogP contribution in [0.15, 0.2) is 63.2 Å². The zero-order chi connectivity index (χ0) is 12.3. The number of nitro benzene ring substituents is 1. The Kier molecular flexibility index (Phi) is 3.71. The van der Waals surface area contributed by atoms with Gasteiger partial charge in [-0.25, -0.2) is 0 Å². The fourth-order valence-electron chi connectivity index (χ4n) is 1.35. The lowest BCUT2D eigenvalue weighted by atomic mass is 10.3. The summed E-state index contributed by atoms with van der Waals surface area (Å²) in [4.78, 5) is 12.7. The maximum atomic E-state index is 10.9. The van der Waals surface area contributed by atoms with Gasteiger partial charge in [0, 0.05) is 15.9 Å². The van der Waals surface area contributed by atoms with Gasteiger partial charge in [0.2, 0.25) is 0 Å². The average molecular weight is 263 g/mol. The van der Waals surface area contributed by atoms with Gasteiger partial charge in [0.05, 0.1) is 9.82 Å². The molecule has 0 atom stereocenters. The molecule has 0 saturated carbocycles. The number of hydrogen-bond acceptors (Lipinski definition) is 4. The van der Waals surface area contributed by atoms with E-state index in [-0.39, 0.29) is 10.6 Å². The second-order valence-electron chi connectivity index (χ2n) is 3.32. The van der Waals surface area contributed by atoms with Crippen LogP contribution in [0.2, 0.25) is 0 Å². The van der Waals surface area contributed by atoms with Gasteiger partial charge in [-0.05, 0) is 24.3 Å². The first-order valence-electron chi connectivity index (χ1n) is 4.87. The molecule has 5 heteroatoms. The predicted molar refractivity (Wildman–Crippen MR) is 70.9 cm³/mol. The molecule has 0 N–H and O–H groups in total. The topological polar surface area (TPSA) is 43.1 Å². The van der Waals surface area contributed by atoms with E-state index >= 15 is 0 Å². The first-order chi connectivity index (χ1) is 8.16. The Morgan fingerprint density at radius 3 is 2.47 bits per heavy atom. The third-order valence-electron chi connectivity index (χ3n) is 2.11. The number of nitrogens with zero attached hydrogens (tertiary/aromatic N) is 1. The largest absolute Gasteiger partial charge is 0.284 e. The van der Waals surface area contributed by atoms with E-state index in [1.54, 1.807) is 12.1 Å². The number of nitro groups is 1. The smallest absolute Gasteiger partial charge is 0.258 e. The maximum absolute atomic E-state index is 10.9. The van der Waals surface area contributed by atoms with Crippen LogP contribution in [-0.4, -0.2) is 4.92 Å². The molecule has 0 unspecified atom stereocenters. The van der Waals surface area contributed by atoms with Crippen LogP contribution >= 0.6 is 24.4 Å². The van der Waals surface area contributed by atoms with Crippen LogP contribution in [0.25, 0.3) is 0 Å². The molecule has 0 aliphatic rings. The molecule has 0 radical (unpaired) electrons. The van der Waals surface area contributed by atoms with Crippen LogP contribution in [0.5, 0.6) is 0 Å². The standard InChI is InChI=1S/C12H9NO2S2/c14-13(15)11-8-9(16)6-7-12(11)17-10-4-2-1-3-5-10/h1-8,16H. The Morgan fingerprint density at radius 1 is 1.12 bits per heavy atom. The third kappa shape index (κ3) is 3.01. The first-order valence-corrected chi connectivity index (χ1v) is 6.13. The fraction of sp³-hybridized carbons (Fsp3) is 0. The van der Waals surface area contributed by atoms with Gasteiger partial charge in [-0.3, -0.25) is 10.1 Å². The van der Waals surface area contributed by atoms with E-state index in [4.69, 9.17) is 0 Å². The molecular weight excluding hydrogens is 254 g/mol. The van der Waals surface area contributed by atoms with Gasteiger partial charge < -0.3 is 0 Å². The summed E-state index contributed by atoms with van der Waals surface area (Å²) in [5.74, 6) is 0. The Balaban J connectivity index is 2.36. The molecule has 0 spiro atoms. The molecule has 0 aliphatic carbocycles. The highest BCUT2D eigenvalue weighted by molar-refractivity contribution is 7.99. The van der Waals surface area contributed by atoms with Crippen LogP contribution in [-0.2, 0) is 0 Å². The van der Waals surface area contributed by atoms with E-state index in [1.807, 2.05) is 30.3 Å². The number of rotatable bonds is 3. The van der Waals surface area contributed by atoms with Gasteiger partial charge in [0.25, 0.3) is 5.69 Å². The van der Waals surface area contributed by atoms with Crippen molar-refractivity contribution < 1.29 is 4.92 Å². The molecule has 17 heavy (non-hydrogen) atoms. The lowest BCUT2D eigenvalue weighted by Crippen LogP contribution is -1.90. The Morgan fingerprint density at radius 2 is 1.82 bits per heavy atom. The van der Waals surface area contributed by atoms with Crippen molar-refractivity contribution in [3.05, 3.63) is 58.6 Å². The minimum Gasteiger partial charge on any atom is -0.258 e. The SMILES string of the molecule is O=[N+]([O-])c1cc(S)ccc1Sc1ccccc1. The molecule has 2 aromatic rings. The summed E-state index contributed by atoms with van der Waals surface area (Å²) in [6.07, 6.45) is 0. The number of hydrogen-bond donors (Lipinski definition) is 1. The van der Waals surface area contributed by atoms with E-state index in [0.717, 1.165) is 4.90 Å². The highest BCUT2D eigenvalue weighted by Crippen LogP contribution is 2.35. The Labute approximate surface area is 108 Å². The van der Waals surface area contributed by atoms with E-state index in [0.29, 0.717) is 9.79 Å². The summed E-state index contributed by atoms with van der Waals surface area (Å²) >= 11 is 5.48. The second-order valence-corrected chi connectivity index (χ2v) is 4.96. The normalized spacial score (nSPS) is 10.2. The maximum Gasteiger partial charge on any atom is 0.284 e. The first kappa shape index (κ1) is 12.0. The Bertz CT molecular complexity index is 543. The van der Waals surface area contributed by atoms with Crippen LogP contribution in [0.4, 0.5) is 5.69 Å². The molecular formula is C12H9NO2S2. The summed E-state index contributed by atoms with van der Waals surface area (Å²) in [7, 11) is 0. The van der Waals surface area contributed by atoms with E-state index in [2.05, 4.69) is 12.6 Å². The molecule has 0 heterocycles. The zero-order valence-corrected chi connectivity index (χ0v) is 10.4. The van der Waals surface area contributed by atoms with Gasteiger partial charge >= 0.3 is 0 Å². The van der Waals surface area contributed by atoms with Crippen LogP contribution in [0, 0.1) is 10.1 Å². The third-order valence-corrected chi connectivity index (χ3v) is 3.46. The quantitative estimate of drug-likeness (QED) is 0.516. The molecule has 86 valence electrons. The molecule has 0 fully saturated rings. The molecule has 0 amide bonds. The average Bonchev–Trinajstić information content (AvgIpc) is 2.32. The van der Waals surface area contributed by atoms with Crippen molar-refractivity contribution in [2.75, 3.05) is 0 Å². The number of benzene rings is 2. The van der Waals surface area contributed by atoms with Crippen molar-refractivity contribution in [2.24, 2.45) is 0 Å². The van der Waals surface area contributed by atoms with Crippen molar-refractivity contribution in [2.45, 2.75) is 14.7 Å². The molecule has 0 aromatic heterocycles. The van der Waals surface area contributed by atoms with Crippen molar-refractivity contribution in [3.63, 3.8) is 0 Å². The van der Waals surface area contributed by atoms with Gasteiger partial charge in [-0.1, -0.05) is 30.0 Å². The monoisotopic (exact) mass is 263 g/mol. The van der Waals surface area contributed by atoms with Gasteiger partial charge in [-0.2, -0.15) is 0 Å². The lowest BCUT2D eigenvalue weighted by Gasteiger charge is -2.03. The van der Waals surface area contributed by atoms with E-state index in [9.17, 15) is 10.1 Å². The summed E-state index contributed by atoms with van der Waals surface area (Å²) in [6.45, 7) is 0. The zero-order valence-electron chi connectivity index (χ0n) is 8.74. The highest BCUT2D eigenvalue weighted by atomic mass is 32.2. The van der Waals surface area contributed by atoms with Gasteiger partial charge in [0.15, 0.2) is 0 Å². The summed E-state index contributed by atoms with van der Waals surface area (Å²) in [6, 6.07) is 14.5. The second kappa shape index (κ2) is 5.25. The molecule has 3 nitrogen and oxygen atoms in total. The predicted octanol–water partition coefficient (Wildman–Crippen LogP) is 4.03. The lowest BCUT2D eigenvalue weighted by molar-refractivity contribution is -0.387. The van der Waals surface area contributed by atoms with Gasteiger partial charge in [0.1, 0.15) is 0 Å². The molecule has 0 saturated heterocycles. The van der Waals surface area contributed by atoms with Crippen molar-refractivity contribution in [1.29, 1.82) is 0 Å². The fourth-order valence-corrected chi connectivity index (χ4v) is 2.47. The van der Waals surface area contributed by atoms with Crippen molar-refractivity contribution in [3.8, 4) is 0 Å². The Hall–Kier alpha value is -1.46. The van der Waals surface area contributed by atoms with Crippen LogP contribution in [0.3, 0.4) is 0 Å². The van der Waals surface area contributed by atoms with Crippen LogP contribution in [0.1, 0.15) is 0 Å². The summed E-state index contributed by atoms with van der Waals surface area (Å²) < 4.78 is 0. The number of thiol groups is 1. The minimum atomic E-state index is -0.384. The highest BCUT2D eigenvalue weighted by Gasteiger charge is 2.14. The minimum absolute atomic E-state index is 0.0892. The summed E-state index contributed by atoms with van der Waals surface area (Å²) in [5, 5.41) is 10.9. The van der Waals surface area contributed by atoms with Crippen molar-refractivity contribution >= 4 is 30.1 Å². The molecule has 0 bridgehead atoms. The van der Waals surface area contributed by atoms with Gasteiger partial charge in [-0.15, -0.1) is 12.6 Å². The van der Waals surface area contributed by atoms with E-state index < -0.39 is 0 Å². The molecule has 2 aromatic carbocycles. The molecule has 2 rings (SSSR count). The summed E-state index contributed by atoms with van der Waals surface area (Å²) in [5.41, 5.74) is 0.0892. The van der Waals surface area contributed by atoms with E-state index in [1.165, 1.54) is 17.8 Å². The van der Waals surface area contributed by atoms with Crippen LogP contribution < -0.4 is 0 Å². The molecule has 0 aliphatic heterocycles.